The molecule has 0 saturated heterocycles. The van der Waals surface area contributed by atoms with Gasteiger partial charge in [0.05, 0.1) is 18.8 Å². The van der Waals surface area contributed by atoms with Crippen LogP contribution < -0.4 is 14.8 Å². The zero-order valence-electron chi connectivity index (χ0n) is 14.5. The van der Waals surface area contributed by atoms with E-state index in [1.165, 1.54) is 0 Å². The molecule has 0 aliphatic rings. The monoisotopic (exact) mass is 329 g/mol. The third-order valence-electron chi connectivity index (χ3n) is 3.60. The highest BCUT2D eigenvalue weighted by molar-refractivity contribution is 5.56. The first-order chi connectivity index (χ1) is 11.8. The molecule has 2 aromatic rings. The molecule has 1 unspecified atom stereocenters. The van der Waals surface area contributed by atoms with E-state index < -0.39 is 0 Å². The molecule has 0 bridgehead atoms. The van der Waals surface area contributed by atoms with Gasteiger partial charge in [0.25, 0.3) is 0 Å². The van der Waals surface area contributed by atoms with Crippen molar-refractivity contribution in [3.05, 3.63) is 54.6 Å². The van der Waals surface area contributed by atoms with Gasteiger partial charge in [0.15, 0.2) is 0 Å². The predicted octanol–water partition coefficient (Wildman–Crippen LogP) is 4.37. The maximum absolute atomic E-state index is 6.02. The van der Waals surface area contributed by atoms with Crippen LogP contribution in [-0.2, 0) is 4.74 Å². The highest BCUT2D eigenvalue weighted by Gasteiger charge is 2.10. The number of anilines is 1. The molecule has 130 valence electrons. The molecule has 0 amide bonds. The van der Waals surface area contributed by atoms with Crippen molar-refractivity contribution in [2.75, 3.05) is 31.7 Å². The largest absolute Gasteiger partial charge is 0.489 e. The number of rotatable bonds is 11. The van der Waals surface area contributed by atoms with Crippen molar-refractivity contribution in [3.8, 4) is 11.5 Å². The molecular formula is C20H27NO3. The maximum atomic E-state index is 6.02. The molecule has 0 aliphatic carbocycles. The van der Waals surface area contributed by atoms with Crippen molar-refractivity contribution >= 4 is 5.69 Å². The van der Waals surface area contributed by atoms with Crippen LogP contribution in [0.15, 0.2) is 54.6 Å². The second kappa shape index (κ2) is 10.6. The normalized spacial score (nSPS) is 11.8. The summed E-state index contributed by atoms with van der Waals surface area (Å²) in [6.45, 7) is 6.67. The SMILES string of the molecule is CCOCCOc1ccccc1NCC(CC)Oc1ccccc1. The summed E-state index contributed by atoms with van der Waals surface area (Å²) in [5.41, 5.74) is 0.976. The van der Waals surface area contributed by atoms with Crippen LogP contribution >= 0.6 is 0 Å². The summed E-state index contributed by atoms with van der Waals surface area (Å²) in [5, 5.41) is 3.43. The molecule has 0 saturated carbocycles. The second-order valence-electron chi connectivity index (χ2n) is 5.38. The van der Waals surface area contributed by atoms with E-state index in [2.05, 4.69) is 12.2 Å². The lowest BCUT2D eigenvalue weighted by molar-refractivity contribution is 0.110. The van der Waals surface area contributed by atoms with Gasteiger partial charge in [-0.05, 0) is 37.6 Å². The summed E-state index contributed by atoms with van der Waals surface area (Å²) in [4.78, 5) is 0. The average Bonchev–Trinajstić information content (AvgIpc) is 2.64. The van der Waals surface area contributed by atoms with Crippen molar-refractivity contribution in [3.63, 3.8) is 0 Å². The van der Waals surface area contributed by atoms with Crippen LogP contribution in [0, 0.1) is 0 Å². The fourth-order valence-corrected chi connectivity index (χ4v) is 2.28. The van der Waals surface area contributed by atoms with E-state index in [0.717, 1.165) is 30.2 Å². The number of nitrogens with one attached hydrogen (secondary N) is 1. The Balaban J connectivity index is 1.87. The van der Waals surface area contributed by atoms with E-state index in [-0.39, 0.29) is 6.10 Å². The Labute approximate surface area is 144 Å². The van der Waals surface area contributed by atoms with Crippen LogP contribution in [0.4, 0.5) is 5.69 Å². The molecule has 0 fully saturated rings. The van der Waals surface area contributed by atoms with Crippen molar-refractivity contribution < 1.29 is 14.2 Å². The van der Waals surface area contributed by atoms with Crippen LogP contribution in [0.25, 0.3) is 0 Å². The van der Waals surface area contributed by atoms with E-state index in [1.807, 2.05) is 61.5 Å². The van der Waals surface area contributed by atoms with Gasteiger partial charge in [-0.1, -0.05) is 37.3 Å². The van der Waals surface area contributed by atoms with Crippen molar-refractivity contribution in [2.45, 2.75) is 26.4 Å². The third kappa shape index (κ3) is 6.13. The lowest BCUT2D eigenvalue weighted by atomic mass is 10.2. The van der Waals surface area contributed by atoms with Crippen LogP contribution in [0.3, 0.4) is 0 Å². The molecule has 24 heavy (non-hydrogen) atoms. The molecule has 0 heterocycles. The van der Waals surface area contributed by atoms with E-state index in [0.29, 0.717) is 19.8 Å². The standard InChI is InChI=1S/C20H27NO3/c1-3-17(24-18-10-6-5-7-11-18)16-21-19-12-8-9-13-20(19)23-15-14-22-4-2/h5-13,17,21H,3-4,14-16H2,1-2H3. The van der Waals surface area contributed by atoms with Gasteiger partial charge < -0.3 is 19.5 Å². The Kier molecular flexibility index (Phi) is 7.98. The van der Waals surface area contributed by atoms with E-state index >= 15 is 0 Å². The lowest BCUT2D eigenvalue weighted by Gasteiger charge is -2.20. The van der Waals surface area contributed by atoms with E-state index in [9.17, 15) is 0 Å². The number of para-hydroxylation sites is 3. The first-order valence-electron chi connectivity index (χ1n) is 8.58. The quantitative estimate of drug-likeness (QED) is 0.621. The molecule has 1 atom stereocenters. The van der Waals surface area contributed by atoms with Crippen LogP contribution in [-0.4, -0.2) is 32.5 Å². The van der Waals surface area contributed by atoms with Crippen LogP contribution in [0.5, 0.6) is 11.5 Å². The molecular weight excluding hydrogens is 302 g/mol. The van der Waals surface area contributed by atoms with Gasteiger partial charge in [-0.15, -0.1) is 0 Å². The van der Waals surface area contributed by atoms with Gasteiger partial charge in [-0.3, -0.25) is 0 Å². The Hall–Kier alpha value is -2.20. The number of ether oxygens (including phenoxy) is 3. The first kappa shape index (κ1) is 18.1. The number of benzene rings is 2. The highest BCUT2D eigenvalue weighted by atomic mass is 16.5. The van der Waals surface area contributed by atoms with Crippen LogP contribution in [0.2, 0.25) is 0 Å². The summed E-state index contributed by atoms with van der Waals surface area (Å²) in [7, 11) is 0. The summed E-state index contributed by atoms with van der Waals surface area (Å²) in [5.74, 6) is 1.74. The van der Waals surface area contributed by atoms with Gasteiger partial charge in [0.2, 0.25) is 0 Å². The predicted molar refractivity (Wildman–Crippen MR) is 98.1 cm³/mol. The van der Waals surface area contributed by atoms with Gasteiger partial charge >= 0.3 is 0 Å². The lowest BCUT2D eigenvalue weighted by Crippen LogP contribution is -2.25. The highest BCUT2D eigenvalue weighted by Crippen LogP contribution is 2.24. The second-order valence-corrected chi connectivity index (χ2v) is 5.38. The molecule has 2 aromatic carbocycles. The van der Waals surface area contributed by atoms with Crippen molar-refractivity contribution in [1.82, 2.24) is 0 Å². The van der Waals surface area contributed by atoms with Gasteiger partial charge in [0.1, 0.15) is 24.2 Å². The first-order valence-corrected chi connectivity index (χ1v) is 8.58. The average molecular weight is 329 g/mol. The molecule has 4 heteroatoms. The molecule has 2 rings (SSSR count). The van der Waals surface area contributed by atoms with Gasteiger partial charge in [-0.2, -0.15) is 0 Å². The fraction of sp³-hybridized carbons (Fsp3) is 0.400. The molecule has 0 aromatic heterocycles. The van der Waals surface area contributed by atoms with E-state index in [1.54, 1.807) is 0 Å². The Morgan fingerprint density at radius 3 is 2.42 bits per heavy atom. The fourth-order valence-electron chi connectivity index (χ4n) is 2.28. The summed E-state index contributed by atoms with van der Waals surface area (Å²) in [6, 6.07) is 17.9. The van der Waals surface area contributed by atoms with Crippen molar-refractivity contribution in [2.24, 2.45) is 0 Å². The number of hydrogen-bond donors (Lipinski definition) is 1. The summed E-state index contributed by atoms with van der Waals surface area (Å²) >= 11 is 0. The van der Waals surface area contributed by atoms with Gasteiger partial charge in [-0.25, -0.2) is 0 Å². The van der Waals surface area contributed by atoms with Gasteiger partial charge in [0, 0.05) is 6.61 Å². The maximum Gasteiger partial charge on any atom is 0.142 e. The minimum atomic E-state index is 0.101. The Bertz CT molecular complexity index is 574. The van der Waals surface area contributed by atoms with Crippen LogP contribution in [0.1, 0.15) is 20.3 Å². The molecule has 4 nitrogen and oxygen atoms in total. The molecule has 1 N–H and O–H groups in total. The van der Waals surface area contributed by atoms with E-state index in [4.69, 9.17) is 14.2 Å². The minimum absolute atomic E-state index is 0.101. The third-order valence-corrected chi connectivity index (χ3v) is 3.60. The molecule has 0 radical (unpaired) electrons. The summed E-state index contributed by atoms with van der Waals surface area (Å²) < 4.78 is 17.1. The zero-order valence-corrected chi connectivity index (χ0v) is 14.5. The minimum Gasteiger partial charge on any atom is -0.489 e. The molecule has 0 aliphatic heterocycles. The topological polar surface area (TPSA) is 39.7 Å². The van der Waals surface area contributed by atoms with Crippen molar-refractivity contribution in [1.29, 1.82) is 0 Å². The Morgan fingerprint density at radius 1 is 0.917 bits per heavy atom. The smallest absolute Gasteiger partial charge is 0.142 e. The Morgan fingerprint density at radius 2 is 1.67 bits per heavy atom. The molecule has 0 spiro atoms. The number of hydrogen-bond acceptors (Lipinski definition) is 4. The summed E-state index contributed by atoms with van der Waals surface area (Å²) in [6.07, 6.45) is 1.03. The zero-order chi connectivity index (χ0) is 17.0.